The van der Waals surface area contributed by atoms with Gasteiger partial charge in [-0.05, 0) is 36.4 Å². The molecule has 4 nitrogen and oxygen atoms in total. The summed E-state index contributed by atoms with van der Waals surface area (Å²) < 4.78 is 18.2. The molecule has 0 spiro atoms. The Bertz CT molecular complexity index is 700. The van der Waals surface area contributed by atoms with E-state index < -0.39 is 17.8 Å². The van der Waals surface area contributed by atoms with Gasteiger partial charge in [-0.3, -0.25) is 4.79 Å². The van der Waals surface area contributed by atoms with Gasteiger partial charge < -0.3 is 9.84 Å². The number of carbonyl (C=O) groups excluding carboxylic acids is 1. The van der Waals surface area contributed by atoms with Gasteiger partial charge in [-0.15, -0.1) is 0 Å². The van der Waals surface area contributed by atoms with Crippen LogP contribution < -0.4 is 4.74 Å². The van der Waals surface area contributed by atoms with Crippen LogP contribution >= 0.6 is 11.8 Å². The van der Waals surface area contributed by atoms with Crippen LogP contribution in [0.1, 0.15) is 17.3 Å². The van der Waals surface area contributed by atoms with E-state index in [9.17, 15) is 14.0 Å². The minimum atomic E-state index is -1.09. The first-order chi connectivity index (χ1) is 9.95. The molecule has 0 aliphatic rings. The molecule has 0 saturated carbocycles. The fourth-order valence-electron chi connectivity index (χ4n) is 1.62. The van der Waals surface area contributed by atoms with E-state index in [0.29, 0.717) is 9.79 Å². The van der Waals surface area contributed by atoms with Crippen molar-refractivity contribution >= 4 is 23.7 Å². The molecule has 0 fully saturated rings. The number of benzene rings is 2. The fourth-order valence-corrected chi connectivity index (χ4v) is 2.59. The zero-order valence-electron chi connectivity index (χ0n) is 11.0. The summed E-state index contributed by atoms with van der Waals surface area (Å²) in [5.74, 6) is -1.77. The van der Waals surface area contributed by atoms with E-state index in [-0.39, 0.29) is 11.3 Å². The van der Waals surface area contributed by atoms with Crippen LogP contribution in [0, 0.1) is 5.82 Å². The lowest BCUT2D eigenvalue weighted by Gasteiger charge is -2.09. The normalized spacial score (nSPS) is 10.2. The first-order valence-corrected chi connectivity index (χ1v) is 6.76. The standard InChI is InChI=1S/C15H11FO4S/c1-9(17)20-13-6-5-10(15(18)19)7-14(13)21-12-4-2-3-11(16)8-12/h2-8H,1H3,(H,18,19). The third kappa shape index (κ3) is 4.06. The van der Waals surface area contributed by atoms with Crippen LogP contribution in [0.15, 0.2) is 52.3 Å². The number of esters is 1. The minimum Gasteiger partial charge on any atom is -0.478 e. The highest BCUT2D eigenvalue weighted by molar-refractivity contribution is 7.99. The molecule has 2 aromatic carbocycles. The molecular weight excluding hydrogens is 295 g/mol. The van der Waals surface area contributed by atoms with Gasteiger partial charge in [-0.1, -0.05) is 17.8 Å². The molecule has 1 N–H and O–H groups in total. The molecule has 0 unspecified atom stereocenters. The summed E-state index contributed by atoms with van der Waals surface area (Å²) in [6.07, 6.45) is 0. The maximum absolute atomic E-state index is 13.2. The van der Waals surface area contributed by atoms with Gasteiger partial charge in [0.2, 0.25) is 0 Å². The second-order valence-electron chi connectivity index (χ2n) is 4.12. The Morgan fingerprint density at radius 3 is 2.57 bits per heavy atom. The summed E-state index contributed by atoms with van der Waals surface area (Å²) in [7, 11) is 0. The van der Waals surface area contributed by atoms with Gasteiger partial charge in [-0.25, -0.2) is 9.18 Å². The molecule has 0 atom stereocenters. The van der Waals surface area contributed by atoms with E-state index in [1.165, 1.54) is 37.3 Å². The van der Waals surface area contributed by atoms with Gasteiger partial charge in [0, 0.05) is 11.8 Å². The lowest BCUT2D eigenvalue weighted by Crippen LogP contribution is -2.04. The molecule has 0 heterocycles. The monoisotopic (exact) mass is 306 g/mol. The van der Waals surface area contributed by atoms with Crippen molar-refractivity contribution in [3.63, 3.8) is 0 Å². The van der Waals surface area contributed by atoms with Crippen molar-refractivity contribution < 1.29 is 23.8 Å². The Hall–Kier alpha value is -2.34. The van der Waals surface area contributed by atoms with Crippen LogP contribution in [0.2, 0.25) is 0 Å². The summed E-state index contributed by atoms with van der Waals surface area (Å²) in [6.45, 7) is 1.25. The van der Waals surface area contributed by atoms with Crippen LogP contribution in [0.4, 0.5) is 4.39 Å². The average Bonchev–Trinajstić information content (AvgIpc) is 2.40. The molecular formula is C15H11FO4S. The van der Waals surface area contributed by atoms with Crippen molar-refractivity contribution in [3.05, 3.63) is 53.8 Å². The lowest BCUT2D eigenvalue weighted by molar-refractivity contribution is -0.132. The highest BCUT2D eigenvalue weighted by Gasteiger charge is 2.12. The maximum Gasteiger partial charge on any atom is 0.335 e. The number of rotatable bonds is 4. The van der Waals surface area contributed by atoms with Gasteiger partial charge in [0.15, 0.2) is 0 Å². The van der Waals surface area contributed by atoms with E-state index >= 15 is 0 Å². The number of carbonyl (C=O) groups is 2. The van der Waals surface area contributed by atoms with Crippen LogP contribution in [0.25, 0.3) is 0 Å². The highest BCUT2D eigenvalue weighted by Crippen LogP contribution is 2.36. The molecule has 0 bridgehead atoms. The molecule has 2 aromatic rings. The number of aromatic carboxylic acids is 1. The number of carboxylic acids is 1. The van der Waals surface area contributed by atoms with E-state index in [0.717, 1.165) is 11.8 Å². The largest absolute Gasteiger partial charge is 0.478 e. The van der Waals surface area contributed by atoms with Crippen molar-refractivity contribution in [2.24, 2.45) is 0 Å². The summed E-state index contributed by atoms with van der Waals surface area (Å²) in [5, 5.41) is 9.02. The molecule has 0 radical (unpaired) electrons. The number of carboxylic acid groups (broad SMARTS) is 1. The highest BCUT2D eigenvalue weighted by atomic mass is 32.2. The minimum absolute atomic E-state index is 0.0600. The molecule has 0 aliphatic carbocycles. The molecule has 0 aromatic heterocycles. The van der Waals surface area contributed by atoms with Gasteiger partial charge in [0.1, 0.15) is 11.6 Å². The Kier molecular flexibility index (Phi) is 4.59. The molecule has 2 rings (SSSR count). The average molecular weight is 306 g/mol. The Morgan fingerprint density at radius 1 is 1.19 bits per heavy atom. The SMILES string of the molecule is CC(=O)Oc1ccc(C(=O)O)cc1Sc1cccc(F)c1. The topological polar surface area (TPSA) is 63.6 Å². The van der Waals surface area contributed by atoms with E-state index in [1.54, 1.807) is 12.1 Å². The first-order valence-electron chi connectivity index (χ1n) is 5.95. The third-order valence-corrected chi connectivity index (χ3v) is 3.50. The van der Waals surface area contributed by atoms with Crippen molar-refractivity contribution in [3.8, 4) is 5.75 Å². The number of halogens is 1. The summed E-state index contributed by atoms with van der Waals surface area (Å²) >= 11 is 1.12. The quantitative estimate of drug-likeness (QED) is 0.690. The molecule has 108 valence electrons. The summed E-state index contributed by atoms with van der Waals surface area (Å²) in [4.78, 5) is 23.1. The van der Waals surface area contributed by atoms with Gasteiger partial charge in [0.05, 0.1) is 10.5 Å². The van der Waals surface area contributed by atoms with E-state index in [2.05, 4.69) is 0 Å². The van der Waals surface area contributed by atoms with Crippen LogP contribution in [-0.2, 0) is 4.79 Å². The van der Waals surface area contributed by atoms with Crippen LogP contribution in [0.5, 0.6) is 5.75 Å². The fraction of sp³-hybridized carbons (Fsp3) is 0.0667. The zero-order valence-corrected chi connectivity index (χ0v) is 11.8. The van der Waals surface area contributed by atoms with Crippen molar-refractivity contribution in [2.75, 3.05) is 0 Å². The van der Waals surface area contributed by atoms with E-state index in [1.807, 2.05) is 0 Å². The van der Waals surface area contributed by atoms with E-state index in [4.69, 9.17) is 9.84 Å². The molecule has 6 heteroatoms. The Morgan fingerprint density at radius 2 is 1.95 bits per heavy atom. The maximum atomic E-state index is 13.2. The predicted molar refractivity (Wildman–Crippen MR) is 75.2 cm³/mol. The second kappa shape index (κ2) is 6.41. The number of ether oxygens (including phenoxy) is 1. The van der Waals surface area contributed by atoms with Gasteiger partial charge in [0.25, 0.3) is 0 Å². The molecule has 21 heavy (non-hydrogen) atoms. The van der Waals surface area contributed by atoms with Crippen molar-refractivity contribution in [1.29, 1.82) is 0 Å². The lowest BCUT2D eigenvalue weighted by atomic mass is 10.2. The first kappa shape index (κ1) is 15.1. The predicted octanol–water partition coefficient (Wildman–Crippen LogP) is 3.60. The number of hydrogen-bond acceptors (Lipinski definition) is 4. The third-order valence-electron chi connectivity index (χ3n) is 2.47. The molecule has 0 amide bonds. The van der Waals surface area contributed by atoms with Crippen LogP contribution in [0.3, 0.4) is 0 Å². The van der Waals surface area contributed by atoms with Gasteiger partial charge >= 0.3 is 11.9 Å². The second-order valence-corrected chi connectivity index (χ2v) is 5.24. The van der Waals surface area contributed by atoms with Crippen molar-refractivity contribution in [1.82, 2.24) is 0 Å². The smallest absolute Gasteiger partial charge is 0.335 e. The van der Waals surface area contributed by atoms with Crippen LogP contribution in [-0.4, -0.2) is 17.0 Å². The Balaban J connectivity index is 2.40. The summed E-state index contributed by atoms with van der Waals surface area (Å²) in [5.41, 5.74) is 0.0600. The van der Waals surface area contributed by atoms with Crippen molar-refractivity contribution in [2.45, 2.75) is 16.7 Å². The summed E-state index contributed by atoms with van der Waals surface area (Å²) in [6, 6.07) is 9.99. The van der Waals surface area contributed by atoms with Gasteiger partial charge in [-0.2, -0.15) is 0 Å². The molecule has 0 saturated heterocycles. The molecule has 0 aliphatic heterocycles. The zero-order chi connectivity index (χ0) is 15.4. The number of hydrogen-bond donors (Lipinski definition) is 1. The Labute approximate surface area is 124 Å².